The average Bonchev–Trinajstić information content (AvgIpc) is 0.793. The molecule has 0 aromatic heterocycles. The zero-order valence-electron chi connectivity index (χ0n) is 58.2. The van der Waals surface area contributed by atoms with Gasteiger partial charge in [-0.25, -0.2) is 0 Å². The summed E-state index contributed by atoms with van der Waals surface area (Å²) in [7, 11) is 3.99. The van der Waals surface area contributed by atoms with Gasteiger partial charge < -0.3 is 57.6 Å². The first-order valence-electron chi connectivity index (χ1n) is 34.0. The second kappa shape index (κ2) is 38.7. The Labute approximate surface area is 576 Å². The molecule has 14 nitrogen and oxygen atoms in total. The summed E-state index contributed by atoms with van der Waals surface area (Å²) in [5.41, 5.74) is 4.21. The van der Waals surface area contributed by atoms with E-state index in [-0.39, 0.29) is 11.6 Å². The molecule has 4 atom stereocenters. The van der Waals surface area contributed by atoms with Crippen LogP contribution >= 0.6 is 0 Å². The van der Waals surface area contributed by atoms with Crippen LogP contribution < -0.4 is 29.3 Å². The van der Waals surface area contributed by atoms with Crippen LogP contribution in [0.3, 0.4) is 0 Å². The lowest BCUT2D eigenvalue weighted by Crippen LogP contribution is -2.66. The van der Waals surface area contributed by atoms with Crippen molar-refractivity contribution in [3.63, 3.8) is 0 Å². The summed E-state index contributed by atoms with van der Waals surface area (Å²) < 4.78 is 53.6. The second-order valence-corrected chi connectivity index (χ2v) is 29.7. The van der Waals surface area contributed by atoms with Crippen molar-refractivity contribution in [2.45, 2.75) is 152 Å². The van der Waals surface area contributed by atoms with Crippen LogP contribution in [0.4, 0.5) is 0 Å². The summed E-state index contributed by atoms with van der Waals surface area (Å²) in [5, 5.41) is 33.6. The number of carbonyl (C=O) groups is 2. The lowest BCUT2D eigenvalue weighted by Gasteiger charge is -2.43. The third-order valence-corrected chi connectivity index (χ3v) is 22.8. The SMILES string of the molecule is COc1ccc(C(OCCCCCC(O)C(O)CCCO[Si](c2ccccc2)(c2ccccc2)C(C)(C)C)(c2ccccc2)c2ccc(OC)cc2)cc1.COc1ccc(C(OCCCCCC(OC(C)=O)C(CCCO)OC(C)=O)(c2ccccc2)c2ccc(OC)cc2)cc1. The third-order valence-electron chi connectivity index (χ3n) is 17.8. The summed E-state index contributed by atoms with van der Waals surface area (Å²) in [6.07, 6.45) is 5.03. The van der Waals surface area contributed by atoms with E-state index in [2.05, 4.69) is 118 Å². The lowest BCUT2D eigenvalue weighted by atomic mass is 9.80. The molecule has 0 aliphatic carbocycles. The van der Waals surface area contributed by atoms with Crippen molar-refractivity contribution in [1.29, 1.82) is 0 Å². The number of methoxy groups -OCH3 is 4. The quantitative estimate of drug-likeness (QED) is 0.0144. The molecule has 8 aromatic carbocycles. The van der Waals surface area contributed by atoms with Gasteiger partial charge in [-0.3, -0.25) is 9.59 Å². The molecule has 8 aromatic rings. The van der Waals surface area contributed by atoms with Crippen molar-refractivity contribution >= 4 is 30.6 Å². The molecule has 3 N–H and O–H groups in total. The molecule has 4 unspecified atom stereocenters. The van der Waals surface area contributed by atoms with Crippen LogP contribution in [0.15, 0.2) is 218 Å². The summed E-state index contributed by atoms with van der Waals surface area (Å²) in [4.78, 5) is 23.5. The number of carbonyl (C=O) groups excluding carboxylic acids is 2. The van der Waals surface area contributed by atoms with Gasteiger partial charge >= 0.3 is 11.9 Å². The number of aliphatic hydroxyl groups is 3. The van der Waals surface area contributed by atoms with Crippen LogP contribution in [-0.4, -0.2) is 115 Å². The largest absolute Gasteiger partial charge is 0.497 e. The summed E-state index contributed by atoms with van der Waals surface area (Å²) in [5.74, 6) is 2.21. The second-order valence-electron chi connectivity index (χ2n) is 25.4. The smallest absolute Gasteiger partial charge is 0.303 e. The van der Waals surface area contributed by atoms with Gasteiger partial charge in [-0.05, 0) is 155 Å². The highest BCUT2D eigenvalue weighted by Crippen LogP contribution is 2.44. The van der Waals surface area contributed by atoms with E-state index in [9.17, 15) is 24.9 Å². The summed E-state index contributed by atoms with van der Waals surface area (Å²) >= 11 is 0. The zero-order valence-corrected chi connectivity index (χ0v) is 59.2. The Hall–Kier alpha value is -8.12. The van der Waals surface area contributed by atoms with Gasteiger partial charge in [0.25, 0.3) is 8.32 Å². The molecule has 0 spiro atoms. The first-order chi connectivity index (χ1) is 47.0. The van der Waals surface area contributed by atoms with Crippen molar-refractivity contribution in [1.82, 2.24) is 0 Å². The van der Waals surface area contributed by atoms with E-state index in [4.69, 9.17) is 42.3 Å². The molecule has 8 rings (SSSR count). The van der Waals surface area contributed by atoms with E-state index in [1.54, 1.807) is 28.4 Å². The lowest BCUT2D eigenvalue weighted by molar-refractivity contribution is -0.166. The highest BCUT2D eigenvalue weighted by atomic mass is 28.4. The van der Waals surface area contributed by atoms with E-state index >= 15 is 0 Å². The monoisotopic (exact) mass is 1340 g/mol. The van der Waals surface area contributed by atoms with Crippen molar-refractivity contribution < 1.29 is 67.2 Å². The topological polar surface area (TPSA) is 178 Å². The number of hydrogen-bond donors (Lipinski definition) is 3. The molecule has 0 amide bonds. The Bertz CT molecular complexity index is 3360. The van der Waals surface area contributed by atoms with Crippen LogP contribution in [0, 0.1) is 0 Å². The summed E-state index contributed by atoms with van der Waals surface area (Å²) in [6, 6.07) is 73.6. The molecule has 15 heteroatoms. The van der Waals surface area contributed by atoms with Gasteiger partial charge in [-0.15, -0.1) is 0 Å². The fourth-order valence-corrected chi connectivity index (χ4v) is 17.5. The summed E-state index contributed by atoms with van der Waals surface area (Å²) in [6.45, 7) is 10.9. The molecule has 518 valence electrons. The van der Waals surface area contributed by atoms with Gasteiger partial charge in [0.05, 0.1) is 40.6 Å². The average molecular weight is 1340 g/mol. The molecule has 0 bridgehead atoms. The van der Waals surface area contributed by atoms with Crippen molar-refractivity contribution in [3.8, 4) is 23.0 Å². The number of benzene rings is 8. The number of esters is 2. The van der Waals surface area contributed by atoms with Crippen LogP contribution in [0.2, 0.25) is 5.04 Å². The Kier molecular flexibility index (Phi) is 30.4. The van der Waals surface area contributed by atoms with Crippen molar-refractivity contribution in [2.75, 3.05) is 54.9 Å². The maximum atomic E-state index is 11.8. The van der Waals surface area contributed by atoms with Gasteiger partial charge in [0.2, 0.25) is 0 Å². The number of unbranched alkanes of at least 4 members (excludes halogenated alkanes) is 4. The molecule has 0 saturated heterocycles. The Morgan fingerprint density at radius 3 is 0.979 bits per heavy atom. The van der Waals surface area contributed by atoms with Gasteiger partial charge in [-0.1, -0.05) is 210 Å². The van der Waals surface area contributed by atoms with Gasteiger partial charge in [0.15, 0.2) is 0 Å². The minimum atomic E-state index is -2.64. The normalized spacial score (nSPS) is 13.0. The number of ether oxygens (including phenoxy) is 8. The fraction of sp³-hybridized carbons (Fsp3) is 0.390. The Morgan fingerprint density at radius 1 is 0.371 bits per heavy atom. The van der Waals surface area contributed by atoms with E-state index < -0.39 is 55.9 Å². The maximum Gasteiger partial charge on any atom is 0.303 e. The van der Waals surface area contributed by atoms with Gasteiger partial charge in [0.1, 0.15) is 46.4 Å². The molecule has 0 aliphatic heterocycles. The Morgan fingerprint density at radius 2 is 0.670 bits per heavy atom. The Balaban J connectivity index is 0.000000281. The van der Waals surface area contributed by atoms with E-state index in [0.717, 1.165) is 94.9 Å². The van der Waals surface area contributed by atoms with Crippen LogP contribution in [0.5, 0.6) is 23.0 Å². The van der Waals surface area contributed by atoms with Crippen LogP contribution in [0.1, 0.15) is 145 Å². The first-order valence-corrected chi connectivity index (χ1v) is 35.9. The molecule has 97 heavy (non-hydrogen) atoms. The number of aliphatic hydroxyl groups excluding tert-OH is 3. The van der Waals surface area contributed by atoms with E-state index in [1.165, 1.54) is 24.2 Å². The van der Waals surface area contributed by atoms with Crippen molar-refractivity contribution in [3.05, 3.63) is 252 Å². The molecule has 0 fully saturated rings. The van der Waals surface area contributed by atoms with Gasteiger partial charge in [0, 0.05) is 40.3 Å². The molecule has 0 radical (unpaired) electrons. The van der Waals surface area contributed by atoms with Gasteiger partial charge in [-0.2, -0.15) is 0 Å². The fourth-order valence-electron chi connectivity index (χ4n) is 12.9. The van der Waals surface area contributed by atoms with Crippen LogP contribution in [-0.2, 0) is 44.2 Å². The molecule has 0 aliphatic rings. The predicted molar refractivity (Wildman–Crippen MR) is 386 cm³/mol. The highest BCUT2D eigenvalue weighted by Gasteiger charge is 2.50. The van der Waals surface area contributed by atoms with Crippen LogP contribution in [0.25, 0.3) is 0 Å². The third kappa shape index (κ3) is 20.7. The predicted octanol–water partition coefficient (Wildman–Crippen LogP) is 14.9. The first kappa shape index (κ1) is 76.2. The van der Waals surface area contributed by atoms with E-state index in [0.29, 0.717) is 58.3 Å². The van der Waals surface area contributed by atoms with Crippen molar-refractivity contribution in [2.24, 2.45) is 0 Å². The number of hydrogen-bond acceptors (Lipinski definition) is 14. The maximum absolute atomic E-state index is 11.8. The molecular formula is C82H102O14Si. The molecule has 0 saturated carbocycles. The minimum Gasteiger partial charge on any atom is -0.497 e. The standard InChI is InChI=1S/C47H58O6Si.C35H44O8/c1-46(2,3)54(42-21-12-7-13-22-42,43-23-14-8-15-24-43)53-36-18-26-45(49)44(48)25-16-9-17-35-52-47(37-19-10-6-11-20-37,38-27-31-40(50-4)32-28-38)39-29-33-41(51-5)34-30-39;1-26(37)42-33(34(15-11-24-36)43-27(2)38)14-9-6-10-25-41-35(28-12-7-5-8-13-28,29-16-20-31(39-3)21-17-29)30-18-22-32(40-4)23-19-30/h6-8,10-15,19-24,27-34,44-45,48-49H,9,16-18,25-26,35-36H2,1-5H3;5,7-8,12-13,16-23,33-34,36H,6,9-11,14-15,24-25H2,1-4H3. The zero-order chi connectivity index (χ0) is 69.5. The van der Waals surface area contributed by atoms with E-state index in [1.807, 2.05) is 121 Å². The molecular weight excluding hydrogens is 1240 g/mol. The number of rotatable bonds is 38. The minimum absolute atomic E-state index is 0.0343. The highest BCUT2D eigenvalue weighted by molar-refractivity contribution is 6.99. The molecule has 0 heterocycles.